The van der Waals surface area contributed by atoms with Crippen molar-refractivity contribution in [2.45, 2.75) is 13.8 Å². The molecule has 0 aliphatic rings. The first kappa shape index (κ1) is 18.5. The molecule has 0 aliphatic carbocycles. The van der Waals surface area contributed by atoms with Crippen LogP contribution in [0.2, 0.25) is 0 Å². The molecule has 8 heteroatoms. The van der Waals surface area contributed by atoms with E-state index in [1.165, 1.54) is 24.4 Å². The molecule has 1 amide bonds. The predicted molar refractivity (Wildman–Crippen MR) is 103 cm³/mol. The van der Waals surface area contributed by atoms with Gasteiger partial charge in [0.2, 0.25) is 0 Å². The molecule has 3 aromatic rings. The first-order chi connectivity index (χ1) is 12.9. The van der Waals surface area contributed by atoms with Crippen molar-refractivity contribution in [3.8, 4) is 0 Å². The van der Waals surface area contributed by atoms with Crippen LogP contribution in [0, 0.1) is 17.1 Å². The maximum atomic E-state index is 13.5. The summed E-state index contributed by atoms with van der Waals surface area (Å²) in [5, 5.41) is 14.2. The fraction of sp³-hybridized carbons (Fsp3) is 0.263. The van der Waals surface area contributed by atoms with Crippen LogP contribution in [0.3, 0.4) is 0 Å². The van der Waals surface area contributed by atoms with Gasteiger partial charge in [0.25, 0.3) is 5.91 Å². The summed E-state index contributed by atoms with van der Waals surface area (Å²) in [6.45, 7) is 4.57. The first-order valence-electron chi connectivity index (χ1n) is 8.59. The van der Waals surface area contributed by atoms with E-state index >= 15 is 0 Å². The number of nitrogens with one attached hydrogen (secondary N) is 4. The molecule has 0 atom stereocenters. The van der Waals surface area contributed by atoms with Crippen LogP contribution in [-0.2, 0) is 0 Å². The molecule has 27 heavy (non-hydrogen) atoms. The second-order valence-electron chi connectivity index (χ2n) is 6.57. The normalized spacial score (nSPS) is 11.0. The van der Waals surface area contributed by atoms with Crippen LogP contribution in [-0.4, -0.2) is 40.2 Å². The maximum absolute atomic E-state index is 13.5. The van der Waals surface area contributed by atoms with Crippen molar-refractivity contribution in [1.29, 1.82) is 5.41 Å². The van der Waals surface area contributed by atoms with Gasteiger partial charge >= 0.3 is 0 Å². The van der Waals surface area contributed by atoms with E-state index in [4.69, 9.17) is 5.41 Å². The number of aromatic nitrogens is 3. The largest absolute Gasteiger partial charge is 0.387 e. The third kappa shape index (κ3) is 3.79. The summed E-state index contributed by atoms with van der Waals surface area (Å²) < 4.78 is 13.5. The molecule has 1 aromatic carbocycles. The molecule has 7 nitrogen and oxygen atoms in total. The van der Waals surface area contributed by atoms with Gasteiger partial charge in [-0.2, -0.15) is 0 Å². The highest BCUT2D eigenvalue weighted by Gasteiger charge is 2.18. The maximum Gasteiger partial charge on any atom is 0.255 e. The highest BCUT2D eigenvalue weighted by atomic mass is 19.1. The predicted octanol–water partition coefficient (Wildman–Crippen LogP) is 2.94. The molecule has 0 aliphatic heterocycles. The highest BCUT2D eigenvalue weighted by molar-refractivity contribution is 6.14. The Morgan fingerprint density at radius 3 is 2.81 bits per heavy atom. The van der Waals surface area contributed by atoms with Crippen molar-refractivity contribution in [1.82, 2.24) is 20.3 Å². The lowest BCUT2D eigenvalue weighted by Crippen LogP contribution is -2.27. The number of hydrogen-bond donors (Lipinski definition) is 4. The van der Waals surface area contributed by atoms with Gasteiger partial charge in [-0.3, -0.25) is 10.2 Å². The molecular weight excluding hydrogens is 347 g/mol. The van der Waals surface area contributed by atoms with Crippen LogP contribution < -0.4 is 10.6 Å². The Bertz CT molecular complexity index is 1010. The summed E-state index contributed by atoms with van der Waals surface area (Å²) >= 11 is 0. The van der Waals surface area contributed by atoms with Crippen molar-refractivity contribution < 1.29 is 9.18 Å². The lowest BCUT2D eigenvalue weighted by Gasteiger charge is -2.10. The Labute approximate surface area is 155 Å². The Morgan fingerprint density at radius 2 is 2.11 bits per heavy atom. The molecule has 140 valence electrons. The van der Waals surface area contributed by atoms with Gasteiger partial charge in [-0.05, 0) is 24.1 Å². The van der Waals surface area contributed by atoms with E-state index < -0.39 is 5.82 Å². The van der Waals surface area contributed by atoms with Crippen molar-refractivity contribution in [3.05, 3.63) is 53.2 Å². The summed E-state index contributed by atoms with van der Waals surface area (Å²) in [5.41, 5.74) is 2.59. The van der Waals surface area contributed by atoms with E-state index in [-0.39, 0.29) is 11.6 Å². The van der Waals surface area contributed by atoms with Crippen LogP contribution in [0.1, 0.15) is 35.5 Å². The first-order valence-corrected chi connectivity index (χ1v) is 8.59. The number of H-pyrrole nitrogens is 1. The highest BCUT2D eigenvalue weighted by Crippen LogP contribution is 2.21. The van der Waals surface area contributed by atoms with Crippen LogP contribution in [0.4, 0.5) is 10.1 Å². The summed E-state index contributed by atoms with van der Waals surface area (Å²) in [4.78, 5) is 24.1. The molecule has 0 spiro atoms. The number of amides is 1. The summed E-state index contributed by atoms with van der Waals surface area (Å²) in [6.07, 6.45) is 3.02. The number of anilines is 1. The van der Waals surface area contributed by atoms with Crippen LogP contribution in [0.5, 0.6) is 0 Å². The van der Waals surface area contributed by atoms with Crippen molar-refractivity contribution in [3.63, 3.8) is 0 Å². The molecule has 0 saturated carbocycles. The van der Waals surface area contributed by atoms with E-state index in [0.717, 1.165) is 0 Å². The molecule has 2 heterocycles. The van der Waals surface area contributed by atoms with E-state index in [9.17, 15) is 9.18 Å². The number of rotatable bonds is 6. The SMILES string of the molecule is CNc1cc(F)ccc1C(=N)c1cnc2[nH]cc(C(=O)NCC(C)C)c2n1. The quantitative estimate of drug-likeness (QED) is 0.502. The number of halogens is 1. The monoisotopic (exact) mass is 368 g/mol. The molecule has 3 rings (SSSR count). The van der Waals surface area contributed by atoms with Crippen LogP contribution in [0.25, 0.3) is 11.2 Å². The van der Waals surface area contributed by atoms with Gasteiger partial charge in [0.15, 0.2) is 5.65 Å². The number of hydrogen-bond acceptors (Lipinski definition) is 5. The van der Waals surface area contributed by atoms with Crippen LogP contribution >= 0.6 is 0 Å². The van der Waals surface area contributed by atoms with Gasteiger partial charge in [0.05, 0.1) is 17.5 Å². The van der Waals surface area contributed by atoms with Crippen molar-refractivity contribution in [2.24, 2.45) is 5.92 Å². The second kappa shape index (κ2) is 7.53. The molecule has 2 aromatic heterocycles. The summed E-state index contributed by atoms with van der Waals surface area (Å²) in [6, 6.07) is 4.12. The molecule has 4 N–H and O–H groups in total. The van der Waals surface area contributed by atoms with Gasteiger partial charge in [0, 0.05) is 31.0 Å². The summed E-state index contributed by atoms with van der Waals surface area (Å²) in [7, 11) is 1.66. The van der Waals surface area contributed by atoms with E-state index in [2.05, 4.69) is 25.6 Å². The molecule has 0 saturated heterocycles. The zero-order chi connectivity index (χ0) is 19.6. The molecule has 0 radical (unpaired) electrons. The fourth-order valence-electron chi connectivity index (χ4n) is 2.66. The Balaban J connectivity index is 1.98. The molecule has 0 fully saturated rings. The molecule has 0 bridgehead atoms. The van der Waals surface area contributed by atoms with Crippen molar-refractivity contribution in [2.75, 3.05) is 18.9 Å². The minimum Gasteiger partial charge on any atom is -0.387 e. The smallest absolute Gasteiger partial charge is 0.255 e. The number of nitrogens with zero attached hydrogens (tertiary/aromatic N) is 2. The standard InChI is InChI=1S/C19H21FN6O/c1-10(2)7-25-19(27)13-8-23-18-17(13)26-15(9-24-18)16(21)12-5-4-11(20)6-14(12)22-3/h4-6,8-10,21-22H,7H2,1-3H3,(H,23,24)(H,25,27). The Hall–Kier alpha value is -3.29. The minimum atomic E-state index is -0.396. The summed E-state index contributed by atoms with van der Waals surface area (Å²) in [5.74, 6) is -0.315. The number of carbonyl (C=O) groups is 1. The molecular formula is C19H21FN6O. The van der Waals surface area contributed by atoms with Gasteiger partial charge in [-0.1, -0.05) is 13.8 Å². The topological polar surface area (TPSA) is 107 Å². The zero-order valence-corrected chi connectivity index (χ0v) is 15.4. The van der Waals surface area contributed by atoms with E-state index in [0.29, 0.717) is 46.1 Å². The minimum absolute atomic E-state index is 0.0866. The zero-order valence-electron chi connectivity index (χ0n) is 15.4. The lowest BCUT2D eigenvalue weighted by atomic mass is 10.1. The van der Waals surface area contributed by atoms with Gasteiger partial charge < -0.3 is 15.6 Å². The van der Waals surface area contributed by atoms with Crippen molar-refractivity contribution >= 4 is 28.5 Å². The van der Waals surface area contributed by atoms with Gasteiger partial charge in [-0.25, -0.2) is 14.4 Å². The Morgan fingerprint density at radius 1 is 1.33 bits per heavy atom. The third-order valence-electron chi connectivity index (χ3n) is 4.07. The fourth-order valence-corrected chi connectivity index (χ4v) is 2.66. The number of aromatic amines is 1. The van der Waals surface area contributed by atoms with E-state index in [1.807, 2.05) is 13.8 Å². The number of carbonyl (C=O) groups excluding carboxylic acids is 1. The molecule has 0 unspecified atom stereocenters. The third-order valence-corrected chi connectivity index (χ3v) is 4.07. The second-order valence-corrected chi connectivity index (χ2v) is 6.57. The Kier molecular flexibility index (Phi) is 5.16. The number of fused-ring (bicyclic) bond motifs is 1. The van der Waals surface area contributed by atoms with Crippen LogP contribution in [0.15, 0.2) is 30.6 Å². The number of benzene rings is 1. The lowest BCUT2D eigenvalue weighted by molar-refractivity contribution is 0.0950. The average Bonchev–Trinajstić information content (AvgIpc) is 3.08. The van der Waals surface area contributed by atoms with Gasteiger partial charge in [0.1, 0.15) is 17.0 Å². The average molecular weight is 368 g/mol. The van der Waals surface area contributed by atoms with E-state index in [1.54, 1.807) is 13.2 Å². The van der Waals surface area contributed by atoms with Gasteiger partial charge in [-0.15, -0.1) is 0 Å².